The maximum absolute atomic E-state index is 13.1. The van der Waals surface area contributed by atoms with E-state index in [9.17, 15) is 9.59 Å². The summed E-state index contributed by atoms with van der Waals surface area (Å²) in [6.45, 7) is 6.91. The van der Waals surface area contributed by atoms with Gasteiger partial charge < -0.3 is 9.73 Å². The van der Waals surface area contributed by atoms with Crippen molar-refractivity contribution in [3.05, 3.63) is 70.3 Å². The van der Waals surface area contributed by atoms with Gasteiger partial charge >= 0.3 is 5.63 Å². The first-order valence-corrected chi connectivity index (χ1v) is 10.5. The van der Waals surface area contributed by atoms with Gasteiger partial charge in [0.2, 0.25) is 5.76 Å². The van der Waals surface area contributed by atoms with Gasteiger partial charge in [-0.25, -0.2) is 4.79 Å². The van der Waals surface area contributed by atoms with Crippen LogP contribution in [0.4, 0.5) is 0 Å². The Morgan fingerprint density at radius 1 is 1.03 bits per heavy atom. The Labute approximate surface area is 171 Å². The van der Waals surface area contributed by atoms with Gasteiger partial charge in [0, 0.05) is 17.5 Å². The van der Waals surface area contributed by atoms with Crippen LogP contribution in [0.15, 0.2) is 57.7 Å². The largest absolute Gasteiger partial charge is 0.416 e. The van der Waals surface area contributed by atoms with Crippen molar-refractivity contribution in [1.29, 1.82) is 0 Å². The average Bonchev–Trinajstić information content (AvgIpc) is 2.74. The predicted molar refractivity (Wildman–Crippen MR) is 118 cm³/mol. The summed E-state index contributed by atoms with van der Waals surface area (Å²) in [5.41, 5.74) is 2.17. The first-order valence-electron chi connectivity index (χ1n) is 10.5. The molecule has 0 radical (unpaired) electrons. The topological polar surface area (TPSA) is 59.3 Å². The molecule has 0 aliphatic carbocycles. The molecule has 3 aromatic rings. The van der Waals surface area contributed by atoms with Crippen LogP contribution < -0.4 is 10.9 Å². The minimum Gasteiger partial charge on any atom is -0.416 e. The van der Waals surface area contributed by atoms with Gasteiger partial charge in [-0.1, -0.05) is 81.1 Å². The van der Waals surface area contributed by atoms with Crippen molar-refractivity contribution in [2.24, 2.45) is 5.92 Å². The Hall–Kier alpha value is -2.88. The molecular formula is C25H29NO3. The molecule has 0 saturated heterocycles. The third kappa shape index (κ3) is 4.76. The fourth-order valence-corrected chi connectivity index (χ4v) is 3.63. The fourth-order valence-electron chi connectivity index (χ4n) is 3.63. The molecule has 1 N–H and O–H groups in total. The van der Waals surface area contributed by atoms with Gasteiger partial charge in [-0.15, -0.1) is 0 Å². The van der Waals surface area contributed by atoms with E-state index in [2.05, 4.69) is 19.2 Å². The van der Waals surface area contributed by atoms with Gasteiger partial charge in [-0.3, -0.25) is 4.79 Å². The van der Waals surface area contributed by atoms with Crippen molar-refractivity contribution in [1.82, 2.24) is 5.32 Å². The normalized spacial score (nSPS) is 12.1. The molecule has 0 fully saturated rings. The van der Waals surface area contributed by atoms with Crippen LogP contribution in [0, 0.1) is 12.8 Å². The molecule has 1 amide bonds. The summed E-state index contributed by atoms with van der Waals surface area (Å²) in [5, 5.41) is 4.21. The maximum atomic E-state index is 13.1. The second-order valence-electron chi connectivity index (χ2n) is 7.63. The van der Waals surface area contributed by atoms with Gasteiger partial charge in [0.05, 0.1) is 5.39 Å². The maximum Gasteiger partial charge on any atom is 0.344 e. The molecular weight excluding hydrogens is 362 g/mol. The Balaban J connectivity index is 2.02. The third-order valence-electron chi connectivity index (χ3n) is 5.48. The minimum absolute atomic E-state index is 0.0860. The molecule has 0 aliphatic rings. The number of hydrogen-bond donors (Lipinski definition) is 1. The number of benzene rings is 2. The number of carbonyl (C=O) groups is 1. The van der Waals surface area contributed by atoms with E-state index in [4.69, 9.17) is 4.42 Å². The minimum atomic E-state index is -0.486. The summed E-state index contributed by atoms with van der Waals surface area (Å²) < 4.78 is 5.55. The number of fused-ring (bicyclic) bond motifs is 1. The highest BCUT2D eigenvalue weighted by atomic mass is 16.4. The zero-order valence-corrected chi connectivity index (χ0v) is 17.5. The second-order valence-corrected chi connectivity index (χ2v) is 7.63. The molecule has 29 heavy (non-hydrogen) atoms. The monoisotopic (exact) mass is 391 g/mol. The van der Waals surface area contributed by atoms with Crippen molar-refractivity contribution in [2.75, 3.05) is 6.54 Å². The number of unbranched alkanes of at least 4 members (excludes halogenated alkanes) is 1. The van der Waals surface area contributed by atoms with E-state index in [-0.39, 0.29) is 11.7 Å². The molecule has 1 heterocycles. The van der Waals surface area contributed by atoms with Crippen LogP contribution in [0.3, 0.4) is 0 Å². The summed E-state index contributed by atoms with van der Waals surface area (Å²) in [6.07, 6.45) is 4.38. The Kier molecular flexibility index (Phi) is 6.86. The van der Waals surface area contributed by atoms with E-state index in [1.165, 1.54) is 0 Å². The van der Waals surface area contributed by atoms with Crippen molar-refractivity contribution < 1.29 is 9.21 Å². The smallest absolute Gasteiger partial charge is 0.344 e. The highest BCUT2D eigenvalue weighted by Gasteiger charge is 2.21. The lowest BCUT2D eigenvalue weighted by atomic mass is 9.96. The predicted octanol–water partition coefficient (Wildman–Crippen LogP) is 5.71. The van der Waals surface area contributed by atoms with Crippen LogP contribution >= 0.6 is 0 Å². The lowest BCUT2D eigenvalue weighted by Gasteiger charge is -2.16. The molecule has 4 nitrogen and oxygen atoms in total. The van der Waals surface area contributed by atoms with Gasteiger partial charge in [-0.2, -0.15) is 0 Å². The second kappa shape index (κ2) is 9.55. The zero-order valence-electron chi connectivity index (χ0n) is 17.5. The zero-order chi connectivity index (χ0) is 20.8. The molecule has 0 bridgehead atoms. The van der Waals surface area contributed by atoms with Crippen LogP contribution in [0.5, 0.6) is 0 Å². The summed E-state index contributed by atoms with van der Waals surface area (Å²) in [7, 11) is 0. The van der Waals surface area contributed by atoms with Crippen LogP contribution in [0.2, 0.25) is 0 Å². The van der Waals surface area contributed by atoms with Crippen molar-refractivity contribution in [3.8, 4) is 11.1 Å². The number of rotatable bonds is 8. The van der Waals surface area contributed by atoms with Crippen LogP contribution in [0.1, 0.15) is 55.6 Å². The van der Waals surface area contributed by atoms with E-state index < -0.39 is 5.63 Å². The van der Waals surface area contributed by atoms with Gasteiger partial charge in [0.1, 0.15) is 0 Å². The summed E-state index contributed by atoms with van der Waals surface area (Å²) in [4.78, 5) is 25.6. The number of carbonyl (C=O) groups excluding carboxylic acids is 1. The Morgan fingerprint density at radius 3 is 2.38 bits per heavy atom. The third-order valence-corrected chi connectivity index (χ3v) is 5.48. The number of aryl methyl sites for hydroxylation is 1. The summed E-state index contributed by atoms with van der Waals surface area (Å²) >= 11 is 0. The van der Waals surface area contributed by atoms with Crippen molar-refractivity contribution in [2.45, 2.75) is 46.5 Å². The Morgan fingerprint density at radius 2 is 1.72 bits per heavy atom. The SMILES string of the molecule is CCCC[C@@H](CC)CNC(=O)c1oc(=O)c2ccccc2c1-c1ccc(C)cc1. The molecule has 0 spiro atoms. The van der Waals surface area contributed by atoms with Gasteiger partial charge in [-0.05, 0) is 30.9 Å². The Bertz CT molecular complexity index is 1030. The van der Waals surface area contributed by atoms with E-state index in [0.29, 0.717) is 23.4 Å². The lowest BCUT2D eigenvalue weighted by molar-refractivity contribution is 0.0915. The van der Waals surface area contributed by atoms with Crippen molar-refractivity contribution >= 4 is 16.7 Å². The fraction of sp³-hybridized carbons (Fsp3) is 0.360. The number of hydrogen-bond acceptors (Lipinski definition) is 3. The van der Waals surface area contributed by atoms with E-state index >= 15 is 0 Å². The molecule has 1 aromatic heterocycles. The molecule has 3 rings (SSSR count). The van der Waals surface area contributed by atoms with Crippen LogP contribution in [-0.4, -0.2) is 12.5 Å². The van der Waals surface area contributed by atoms with E-state index in [0.717, 1.165) is 42.2 Å². The standard InChI is InChI=1S/C25H29NO3/c1-4-6-9-18(5-2)16-26-24(27)23-22(19-14-12-17(3)13-15-19)20-10-7-8-11-21(20)25(28)29-23/h7-8,10-15,18H,4-6,9,16H2,1-3H3,(H,26,27)/t18-/m1/s1. The van der Waals surface area contributed by atoms with Crippen LogP contribution in [0.25, 0.3) is 21.9 Å². The number of amides is 1. The molecule has 0 unspecified atom stereocenters. The first kappa shape index (κ1) is 20.8. The van der Waals surface area contributed by atoms with Crippen LogP contribution in [-0.2, 0) is 0 Å². The molecule has 0 saturated carbocycles. The summed E-state index contributed by atoms with van der Waals surface area (Å²) in [5.74, 6) is 0.176. The molecule has 2 aromatic carbocycles. The highest BCUT2D eigenvalue weighted by Crippen LogP contribution is 2.31. The quantitative estimate of drug-likeness (QED) is 0.535. The lowest BCUT2D eigenvalue weighted by Crippen LogP contribution is -2.30. The van der Waals surface area contributed by atoms with Crippen molar-refractivity contribution in [3.63, 3.8) is 0 Å². The van der Waals surface area contributed by atoms with Gasteiger partial charge in [0.25, 0.3) is 5.91 Å². The van der Waals surface area contributed by atoms with E-state index in [1.54, 1.807) is 12.1 Å². The molecule has 1 atom stereocenters. The molecule has 0 aliphatic heterocycles. The highest BCUT2D eigenvalue weighted by molar-refractivity contribution is 6.07. The number of nitrogens with one attached hydrogen (secondary N) is 1. The van der Waals surface area contributed by atoms with E-state index in [1.807, 2.05) is 43.3 Å². The molecule has 4 heteroatoms. The van der Waals surface area contributed by atoms with Gasteiger partial charge in [0.15, 0.2) is 0 Å². The first-order chi connectivity index (χ1) is 14.0. The summed E-state index contributed by atoms with van der Waals surface area (Å²) in [6, 6.07) is 15.2. The average molecular weight is 392 g/mol. The molecule has 152 valence electrons.